The zero-order chi connectivity index (χ0) is 20.1. The van der Waals surface area contributed by atoms with Crippen LogP contribution in [0, 0.1) is 11.7 Å². The summed E-state index contributed by atoms with van der Waals surface area (Å²) in [6, 6.07) is 20.3. The van der Waals surface area contributed by atoms with Gasteiger partial charge in [-0.25, -0.2) is 4.39 Å². The molecule has 29 heavy (non-hydrogen) atoms. The van der Waals surface area contributed by atoms with Gasteiger partial charge in [-0.2, -0.15) is 0 Å². The van der Waals surface area contributed by atoms with E-state index in [-0.39, 0.29) is 5.82 Å². The maximum Gasteiger partial charge on any atom is 0.138 e. The van der Waals surface area contributed by atoms with E-state index >= 15 is 4.39 Å². The van der Waals surface area contributed by atoms with Crippen LogP contribution in [0.3, 0.4) is 0 Å². The highest BCUT2D eigenvalue weighted by atomic mass is 19.1. The molecule has 3 aromatic carbocycles. The molecule has 0 unspecified atom stereocenters. The van der Waals surface area contributed by atoms with E-state index in [0.29, 0.717) is 11.5 Å². The van der Waals surface area contributed by atoms with Gasteiger partial charge in [0.25, 0.3) is 0 Å². The van der Waals surface area contributed by atoms with E-state index in [1.54, 1.807) is 0 Å². The zero-order valence-corrected chi connectivity index (χ0v) is 17.7. The average molecular weight is 389 g/mol. The molecule has 0 aliphatic heterocycles. The van der Waals surface area contributed by atoms with Crippen molar-refractivity contribution >= 4 is 10.8 Å². The Hall–Kier alpha value is -2.15. The van der Waals surface area contributed by atoms with Gasteiger partial charge in [-0.1, -0.05) is 99.7 Å². The minimum atomic E-state index is -0.101. The van der Waals surface area contributed by atoms with E-state index in [9.17, 15) is 0 Å². The number of hydrogen-bond donors (Lipinski definition) is 0. The quantitative estimate of drug-likeness (QED) is 0.354. The van der Waals surface area contributed by atoms with Crippen LogP contribution in [0.4, 0.5) is 4.39 Å². The van der Waals surface area contributed by atoms with Crippen molar-refractivity contribution < 1.29 is 4.39 Å². The Morgan fingerprint density at radius 2 is 1.62 bits per heavy atom. The third-order valence-electron chi connectivity index (χ3n) is 6.85. The van der Waals surface area contributed by atoms with Crippen molar-refractivity contribution in [3.05, 3.63) is 72.0 Å². The summed E-state index contributed by atoms with van der Waals surface area (Å²) >= 11 is 0. The molecule has 1 saturated carbocycles. The third kappa shape index (κ3) is 4.71. The van der Waals surface area contributed by atoms with Crippen LogP contribution in [-0.4, -0.2) is 0 Å². The van der Waals surface area contributed by atoms with Gasteiger partial charge in [0.05, 0.1) is 0 Å². The molecule has 0 heterocycles. The molecule has 0 spiro atoms. The van der Waals surface area contributed by atoms with Crippen LogP contribution in [0.15, 0.2) is 60.7 Å². The lowest BCUT2D eigenvalue weighted by atomic mass is 9.76. The first-order valence-corrected chi connectivity index (χ1v) is 11.5. The van der Waals surface area contributed by atoms with Gasteiger partial charge in [0.1, 0.15) is 5.82 Å². The number of rotatable bonds is 7. The molecule has 0 aromatic heterocycles. The lowest BCUT2D eigenvalue weighted by Gasteiger charge is -2.29. The first-order chi connectivity index (χ1) is 14.3. The van der Waals surface area contributed by atoms with Crippen LogP contribution in [0.1, 0.15) is 76.2 Å². The highest BCUT2D eigenvalue weighted by molar-refractivity contribution is 5.88. The molecular formula is C28H33F. The molecule has 4 rings (SSSR count). The van der Waals surface area contributed by atoms with Crippen LogP contribution in [0.25, 0.3) is 21.9 Å². The second kappa shape index (κ2) is 9.57. The molecule has 1 fully saturated rings. The van der Waals surface area contributed by atoms with Gasteiger partial charge in [0.15, 0.2) is 0 Å². The molecule has 0 N–H and O–H groups in total. The summed E-state index contributed by atoms with van der Waals surface area (Å²) in [6.07, 6.45) is 12.2. The Bertz CT molecular complexity index is 920. The van der Waals surface area contributed by atoms with E-state index < -0.39 is 0 Å². The van der Waals surface area contributed by atoms with Crippen LogP contribution in [-0.2, 0) is 0 Å². The molecular weight excluding hydrogens is 355 g/mol. The smallest absolute Gasteiger partial charge is 0.138 e. The summed E-state index contributed by atoms with van der Waals surface area (Å²) in [4.78, 5) is 0. The lowest BCUT2D eigenvalue weighted by molar-refractivity contribution is 0.302. The van der Waals surface area contributed by atoms with Crippen LogP contribution in [0.5, 0.6) is 0 Å². The summed E-state index contributed by atoms with van der Waals surface area (Å²) in [6.45, 7) is 2.28. The second-order valence-corrected chi connectivity index (χ2v) is 8.84. The van der Waals surface area contributed by atoms with Crippen LogP contribution in [0.2, 0.25) is 0 Å². The number of unbranched alkanes of at least 4 members (excludes halogenated alkanes) is 3. The SMILES string of the molecule is CCCCCC[C@H]1CC[C@H](c2ccc3c(F)c(-c4ccccc4)ccc3c2)CC1. The monoisotopic (exact) mass is 388 g/mol. The molecule has 152 valence electrons. The maximum absolute atomic E-state index is 15.2. The van der Waals surface area contributed by atoms with Crippen LogP contribution < -0.4 is 0 Å². The minimum Gasteiger partial charge on any atom is -0.206 e. The number of fused-ring (bicyclic) bond motifs is 1. The normalized spacial score (nSPS) is 19.5. The summed E-state index contributed by atoms with van der Waals surface area (Å²) < 4.78 is 15.2. The van der Waals surface area contributed by atoms with Crippen molar-refractivity contribution in [1.82, 2.24) is 0 Å². The van der Waals surface area contributed by atoms with Gasteiger partial charge in [-0.3, -0.25) is 0 Å². The van der Waals surface area contributed by atoms with E-state index in [4.69, 9.17) is 0 Å². The summed E-state index contributed by atoms with van der Waals surface area (Å²) in [7, 11) is 0. The lowest BCUT2D eigenvalue weighted by Crippen LogP contribution is -2.13. The third-order valence-corrected chi connectivity index (χ3v) is 6.85. The van der Waals surface area contributed by atoms with Crippen molar-refractivity contribution in [3.8, 4) is 11.1 Å². The molecule has 0 saturated heterocycles. The molecule has 1 aliphatic carbocycles. The number of benzene rings is 3. The van der Waals surface area contributed by atoms with Crippen molar-refractivity contribution in [3.63, 3.8) is 0 Å². The first-order valence-electron chi connectivity index (χ1n) is 11.5. The van der Waals surface area contributed by atoms with E-state index in [0.717, 1.165) is 22.3 Å². The Kier molecular flexibility index (Phi) is 6.64. The van der Waals surface area contributed by atoms with Gasteiger partial charge >= 0.3 is 0 Å². The van der Waals surface area contributed by atoms with Crippen molar-refractivity contribution in [2.75, 3.05) is 0 Å². The van der Waals surface area contributed by atoms with E-state index in [1.165, 1.54) is 63.4 Å². The predicted molar refractivity (Wildman–Crippen MR) is 123 cm³/mol. The van der Waals surface area contributed by atoms with E-state index in [1.807, 2.05) is 42.5 Å². The summed E-state index contributed by atoms with van der Waals surface area (Å²) in [5, 5.41) is 1.76. The van der Waals surface area contributed by atoms with Crippen molar-refractivity contribution in [1.29, 1.82) is 0 Å². The zero-order valence-electron chi connectivity index (χ0n) is 17.7. The second-order valence-electron chi connectivity index (χ2n) is 8.84. The van der Waals surface area contributed by atoms with Crippen molar-refractivity contribution in [2.24, 2.45) is 5.92 Å². The van der Waals surface area contributed by atoms with Crippen LogP contribution >= 0.6 is 0 Å². The standard InChI is InChI=1S/C28H33F/c1-2-3-4-6-9-21-12-14-22(15-13-21)24-16-18-27-25(20-24)17-19-26(28(27)29)23-10-7-5-8-11-23/h5,7-8,10-11,16-22H,2-4,6,9,12-15H2,1H3/t21-,22-. The molecule has 1 aliphatic rings. The largest absolute Gasteiger partial charge is 0.206 e. The fourth-order valence-corrected chi connectivity index (χ4v) is 5.05. The van der Waals surface area contributed by atoms with Gasteiger partial charge in [-0.05, 0) is 54.0 Å². The Morgan fingerprint density at radius 3 is 2.38 bits per heavy atom. The fraction of sp³-hybridized carbons (Fsp3) is 0.429. The Labute approximate surface area is 175 Å². The fourth-order valence-electron chi connectivity index (χ4n) is 5.05. The van der Waals surface area contributed by atoms with Crippen molar-refractivity contribution in [2.45, 2.75) is 70.6 Å². The van der Waals surface area contributed by atoms with Gasteiger partial charge in [-0.15, -0.1) is 0 Å². The molecule has 0 nitrogen and oxygen atoms in total. The highest BCUT2D eigenvalue weighted by Gasteiger charge is 2.22. The summed E-state index contributed by atoms with van der Waals surface area (Å²) in [5.74, 6) is 1.47. The number of hydrogen-bond acceptors (Lipinski definition) is 0. The predicted octanol–water partition coefficient (Wildman–Crippen LogP) is 8.89. The maximum atomic E-state index is 15.2. The topological polar surface area (TPSA) is 0 Å². The molecule has 0 radical (unpaired) electrons. The van der Waals surface area contributed by atoms with Gasteiger partial charge in [0, 0.05) is 10.9 Å². The van der Waals surface area contributed by atoms with E-state index in [2.05, 4.69) is 25.1 Å². The number of halogens is 1. The minimum absolute atomic E-state index is 0.101. The summed E-state index contributed by atoms with van der Waals surface area (Å²) in [5.41, 5.74) is 3.02. The molecule has 0 bridgehead atoms. The molecule has 3 aromatic rings. The highest BCUT2D eigenvalue weighted by Crippen LogP contribution is 2.39. The Balaban J connectivity index is 1.45. The van der Waals surface area contributed by atoms with Gasteiger partial charge < -0.3 is 0 Å². The molecule has 1 heteroatoms. The molecule has 0 amide bonds. The Morgan fingerprint density at radius 1 is 0.828 bits per heavy atom. The average Bonchev–Trinajstić information content (AvgIpc) is 2.78. The first kappa shape index (κ1) is 20.1. The molecule has 0 atom stereocenters. The van der Waals surface area contributed by atoms with Gasteiger partial charge in [0.2, 0.25) is 0 Å².